The summed E-state index contributed by atoms with van der Waals surface area (Å²) in [6.07, 6.45) is 6.43. The van der Waals surface area contributed by atoms with Crippen molar-refractivity contribution in [3.8, 4) is 0 Å². The lowest BCUT2D eigenvalue weighted by molar-refractivity contribution is -0.140. The van der Waals surface area contributed by atoms with Gasteiger partial charge >= 0.3 is 0 Å². The summed E-state index contributed by atoms with van der Waals surface area (Å²) in [7, 11) is 0. The van der Waals surface area contributed by atoms with Crippen molar-refractivity contribution in [3.05, 3.63) is 48.0 Å². The first-order chi connectivity index (χ1) is 14.7. The molecule has 6 atom stereocenters. The van der Waals surface area contributed by atoms with Crippen LogP contribution in [0.1, 0.15) is 31.2 Å². The summed E-state index contributed by atoms with van der Waals surface area (Å²) < 4.78 is 0. The molecule has 6 unspecified atom stereocenters. The fraction of sp³-hybridized carbons (Fsp3) is 0.542. The van der Waals surface area contributed by atoms with Gasteiger partial charge < -0.3 is 10.6 Å². The Labute approximate surface area is 201 Å². The van der Waals surface area contributed by atoms with Gasteiger partial charge in [0.1, 0.15) is 0 Å². The van der Waals surface area contributed by atoms with E-state index in [1.807, 2.05) is 6.92 Å². The minimum atomic E-state index is -0.112. The molecule has 0 radical (unpaired) electrons. The standard InChI is InChI=1S/C24H30N4O2.HI/c1-2-25-24(27-14-18-13-19(18)15-6-4-3-5-7-15)26-10-11-28-22(29)20-16-8-9-17(12-16)21(20)23(28)30;/h3-9,16-21H,2,10-14H2,1H3,(H2,25,26,27);1H. The Morgan fingerprint density at radius 1 is 1.03 bits per heavy atom. The number of hydrogen-bond acceptors (Lipinski definition) is 3. The van der Waals surface area contributed by atoms with Crippen molar-refractivity contribution in [2.24, 2.45) is 34.6 Å². The fourth-order valence-corrected chi connectivity index (χ4v) is 5.58. The van der Waals surface area contributed by atoms with E-state index in [9.17, 15) is 9.59 Å². The molecule has 3 fully saturated rings. The highest BCUT2D eigenvalue weighted by Gasteiger charge is 2.58. The molecular weight excluding hydrogens is 503 g/mol. The Hall–Kier alpha value is -1.90. The summed E-state index contributed by atoms with van der Waals surface area (Å²) in [6.45, 7) is 4.54. The largest absolute Gasteiger partial charge is 0.357 e. The number of nitrogens with zero attached hydrogens (tertiary/aromatic N) is 2. The van der Waals surface area contributed by atoms with Crippen LogP contribution in [-0.4, -0.2) is 48.9 Å². The van der Waals surface area contributed by atoms with Gasteiger partial charge in [-0.2, -0.15) is 0 Å². The van der Waals surface area contributed by atoms with Gasteiger partial charge in [0.25, 0.3) is 0 Å². The van der Waals surface area contributed by atoms with Gasteiger partial charge in [0, 0.05) is 26.2 Å². The summed E-state index contributed by atoms with van der Waals surface area (Å²) >= 11 is 0. The number of halogens is 1. The Kier molecular flexibility index (Phi) is 6.69. The van der Waals surface area contributed by atoms with Crippen LogP contribution in [0.2, 0.25) is 0 Å². The van der Waals surface area contributed by atoms with E-state index in [2.05, 4.69) is 53.1 Å². The van der Waals surface area contributed by atoms with Crippen molar-refractivity contribution >= 4 is 41.8 Å². The second-order valence-corrected chi connectivity index (χ2v) is 8.99. The molecule has 0 spiro atoms. The number of guanidine groups is 1. The van der Waals surface area contributed by atoms with Crippen molar-refractivity contribution in [3.63, 3.8) is 0 Å². The third-order valence-electron chi connectivity index (χ3n) is 7.17. The first-order valence-electron chi connectivity index (χ1n) is 11.3. The number of carbonyl (C=O) groups is 2. The molecule has 2 N–H and O–H groups in total. The molecule has 7 heteroatoms. The lowest BCUT2D eigenvalue weighted by Crippen LogP contribution is -2.43. The number of fused-ring (bicyclic) bond motifs is 5. The zero-order chi connectivity index (χ0) is 20.7. The molecule has 0 aromatic heterocycles. The Morgan fingerprint density at radius 3 is 2.35 bits per heavy atom. The highest BCUT2D eigenvalue weighted by atomic mass is 127. The van der Waals surface area contributed by atoms with Crippen LogP contribution in [0.3, 0.4) is 0 Å². The van der Waals surface area contributed by atoms with Crippen LogP contribution in [-0.2, 0) is 9.59 Å². The third kappa shape index (κ3) is 4.25. The number of imide groups is 1. The van der Waals surface area contributed by atoms with Crippen LogP contribution in [0.5, 0.6) is 0 Å². The summed E-state index contributed by atoms with van der Waals surface area (Å²) in [4.78, 5) is 31.8. The molecule has 2 saturated carbocycles. The predicted molar refractivity (Wildman–Crippen MR) is 131 cm³/mol. The van der Waals surface area contributed by atoms with E-state index in [1.165, 1.54) is 16.9 Å². The summed E-state index contributed by atoms with van der Waals surface area (Å²) in [5.74, 6) is 2.32. The maximum absolute atomic E-state index is 12.8. The van der Waals surface area contributed by atoms with Crippen molar-refractivity contribution in [2.75, 3.05) is 26.2 Å². The van der Waals surface area contributed by atoms with Crippen molar-refractivity contribution in [1.29, 1.82) is 0 Å². The zero-order valence-corrected chi connectivity index (χ0v) is 20.2. The molecule has 4 aliphatic rings. The minimum Gasteiger partial charge on any atom is -0.357 e. The number of likely N-dealkylation sites (tertiary alicyclic amines) is 1. The van der Waals surface area contributed by atoms with Crippen LogP contribution in [0.25, 0.3) is 0 Å². The van der Waals surface area contributed by atoms with Gasteiger partial charge in [0.2, 0.25) is 11.8 Å². The number of allylic oxidation sites excluding steroid dienone is 2. The van der Waals surface area contributed by atoms with E-state index in [0.717, 1.165) is 25.5 Å². The molecule has 1 heterocycles. The number of nitrogens with one attached hydrogen (secondary N) is 2. The molecule has 2 bridgehead atoms. The lowest BCUT2D eigenvalue weighted by atomic mass is 9.85. The van der Waals surface area contributed by atoms with Gasteiger partial charge in [-0.3, -0.25) is 19.5 Å². The molecule has 31 heavy (non-hydrogen) atoms. The topological polar surface area (TPSA) is 73.8 Å². The number of amides is 2. The molecule has 1 aromatic carbocycles. The molecular formula is C24H31IN4O2. The molecule has 1 aromatic rings. The average molecular weight is 534 g/mol. The predicted octanol–water partition coefficient (Wildman–Crippen LogP) is 2.77. The van der Waals surface area contributed by atoms with Gasteiger partial charge in [0.15, 0.2) is 5.96 Å². The smallest absolute Gasteiger partial charge is 0.233 e. The highest BCUT2D eigenvalue weighted by Crippen LogP contribution is 2.52. The number of hydrogen-bond donors (Lipinski definition) is 2. The van der Waals surface area contributed by atoms with Crippen LogP contribution in [0.4, 0.5) is 0 Å². The number of carbonyl (C=O) groups excluding carboxylic acids is 2. The molecule has 1 saturated heterocycles. The Balaban J connectivity index is 0.00000231. The van der Waals surface area contributed by atoms with Crippen LogP contribution in [0.15, 0.2) is 47.5 Å². The van der Waals surface area contributed by atoms with Gasteiger partial charge in [-0.05, 0) is 49.0 Å². The summed E-state index contributed by atoms with van der Waals surface area (Å²) in [6, 6.07) is 10.6. The maximum atomic E-state index is 12.8. The number of rotatable bonds is 7. The van der Waals surface area contributed by atoms with E-state index in [4.69, 9.17) is 4.99 Å². The third-order valence-corrected chi connectivity index (χ3v) is 7.17. The van der Waals surface area contributed by atoms with Gasteiger partial charge in [-0.25, -0.2) is 0 Å². The monoisotopic (exact) mass is 534 g/mol. The zero-order valence-electron chi connectivity index (χ0n) is 17.9. The SMILES string of the molecule is CCNC(=NCC1CC1c1ccccc1)NCCN1C(=O)C2C3C=CC(C3)C2C1=O.I. The van der Waals surface area contributed by atoms with Gasteiger partial charge in [0.05, 0.1) is 11.8 Å². The van der Waals surface area contributed by atoms with E-state index >= 15 is 0 Å². The second-order valence-electron chi connectivity index (χ2n) is 8.99. The van der Waals surface area contributed by atoms with Gasteiger partial charge in [-0.15, -0.1) is 24.0 Å². The van der Waals surface area contributed by atoms with Gasteiger partial charge in [-0.1, -0.05) is 42.5 Å². The molecule has 1 aliphatic heterocycles. The summed E-state index contributed by atoms with van der Waals surface area (Å²) in [5, 5.41) is 6.58. The van der Waals surface area contributed by atoms with Crippen LogP contribution < -0.4 is 10.6 Å². The molecule has 2 amide bonds. The fourth-order valence-electron chi connectivity index (χ4n) is 5.58. The number of aliphatic imine (C=N–C) groups is 1. The Bertz CT molecular complexity index is 857. The van der Waals surface area contributed by atoms with Crippen LogP contribution in [0, 0.1) is 29.6 Å². The van der Waals surface area contributed by atoms with Crippen molar-refractivity contribution < 1.29 is 9.59 Å². The first-order valence-corrected chi connectivity index (χ1v) is 11.3. The summed E-state index contributed by atoms with van der Waals surface area (Å²) in [5.41, 5.74) is 1.40. The lowest BCUT2D eigenvalue weighted by Gasteiger charge is -2.18. The molecule has 3 aliphatic carbocycles. The first kappa shape index (κ1) is 22.3. The Morgan fingerprint density at radius 2 is 1.71 bits per heavy atom. The van der Waals surface area contributed by atoms with Crippen LogP contribution >= 0.6 is 24.0 Å². The van der Waals surface area contributed by atoms with E-state index in [0.29, 0.717) is 24.9 Å². The maximum Gasteiger partial charge on any atom is 0.233 e. The molecule has 6 nitrogen and oxygen atoms in total. The van der Waals surface area contributed by atoms with Crippen molar-refractivity contribution in [1.82, 2.24) is 15.5 Å². The highest BCUT2D eigenvalue weighted by molar-refractivity contribution is 14.0. The van der Waals surface area contributed by atoms with E-state index < -0.39 is 0 Å². The minimum absolute atomic E-state index is 0. The quantitative estimate of drug-likeness (QED) is 0.186. The second kappa shape index (κ2) is 9.30. The van der Waals surface area contributed by atoms with E-state index in [-0.39, 0.29) is 59.5 Å². The molecule has 5 rings (SSSR count). The molecule has 166 valence electrons. The van der Waals surface area contributed by atoms with E-state index in [1.54, 1.807) is 0 Å². The average Bonchev–Trinajstić information content (AvgIpc) is 3.11. The number of benzene rings is 1. The van der Waals surface area contributed by atoms with Crippen molar-refractivity contribution in [2.45, 2.75) is 25.7 Å². The normalized spacial score (nSPS) is 32.8.